The van der Waals surface area contributed by atoms with Gasteiger partial charge in [-0.1, -0.05) is 0 Å². The van der Waals surface area contributed by atoms with Crippen LogP contribution in [0.1, 0.15) is 6.42 Å². The van der Waals surface area contributed by atoms with Gasteiger partial charge in [0.15, 0.2) is 11.6 Å². The molecule has 0 bridgehead atoms. The largest absolute Gasteiger partial charge is 0.494 e. The van der Waals surface area contributed by atoms with Gasteiger partial charge in [-0.05, 0) is 30.4 Å². The molecule has 1 aromatic rings. The summed E-state index contributed by atoms with van der Waals surface area (Å²) in [7, 11) is -2.41. The average molecular weight is 405 g/mol. The molecule has 1 unspecified atom stereocenters. The smallest absolute Gasteiger partial charge is 0.243 e. The van der Waals surface area contributed by atoms with Crippen LogP contribution in [0.25, 0.3) is 0 Å². The van der Waals surface area contributed by atoms with Crippen LogP contribution in [-0.2, 0) is 14.8 Å². The predicted molar refractivity (Wildman–Crippen MR) is 99.8 cm³/mol. The summed E-state index contributed by atoms with van der Waals surface area (Å²) in [6, 6.07) is 3.71. The lowest BCUT2D eigenvalue weighted by Gasteiger charge is -2.35. The molecule has 2 aliphatic heterocycles. The normalized spacial score (nSPS) is 23.5. The minimum absolute atomic E-state index is 0.0188. The summed E-state index contributed by atoms with van der Waals surface area (Å²) in [5, 5.41) is 0. The van der Waals surface area contributed by atoms with Gasteiger partial charge in [-0.3, -0.25) is 4.90 Å². The zero-order valence-electron chi connectivity index (χ0n) is 14.9. The van der Waals surface area contributed by atoms with Gasteiger partial charge in [-0.15, -0.1) is 0 Å². The fraction of sp³-hybridized carbons (Fsp3) is 0.647. The lowest BCUT2D eigenvalue weighted by molar-refractivity contribution is 0.0309. The van der Waals surface area contributed by atoms with Gasteiger partial charge in [0.05, 0.1) is 25.2 Å². The predicted octanol–water partition coefficient (Wildman–Crippen LogP) is 1.66. The van der Waals surface area contributed by atoms with Crippen molar-refractivity contribution in [1.82, 2.24) is 9.21 Å². The minimum Gasteiger partial charge on any atom is -0.494 e. The molecular formula is C17H25FN2O4S2. The first kappa shape index (κ1) is 19.9. The molecule has 0 saturated carbocycles. The Morgan fingerprint density at radius 1 is 1.31 bits per heavy atom. The molecular weight excluding hydrogens is 379 g/mol. The van der Waals surface area contributed by atoms with E-state index in [1.54, 1.807) is 16.1 Å². The van der Waals surface area contributed by atoms with Crippen molar-refractivity contribution in [1.29, 1.82) is 0 Å². The molecule has 0 radical (unpaired) electrons. The summed E-state index contributed by atoms with van der Waals surface area (Å²) in [6.45, 7) is 4.11. The standard InChI is InChI=1S/C17H25FN2O4S2/c1-23-17-4-3-15(11-16(17)18)26(21,22)20-5-2-10-25-13-14(20)12-19-6-8-24-9-7-19/h3-4,11,14H,2,5-10,12-13H2,1H3. The van der Waals surface area contributed by atoms with Crippen LogP contribution in [0.15, 0.2) is 23.1 Å². The summed E-state index contributed by atoms with van der Waals surface area (Å²) < 4.78 is 52.3. The maximum atomic E-state index is 14.1. The summed E-state index contributed by atoms with van der Waals surface area (Å²) in [4.78, 5) is 2.23. The first-order valence-corrected chi connectivity index (χ1v) is 11.3. The van der Waals surface area contributed by atoms with Crippen LogP contribution < -0.4 is 4.74 Å². The van der Waals surface area contributed by atoms with Crippen LogP contribution in [0.4, 0.5) is 4.39 Å². The number of halogens is 1. The molecule has 0 spiro atoms. The van der Waals surface area contributed by atoms with Crippen LogP contribution >= 0.6 is 11.8 Å². The van der Waals surface area contributed by atoms with Crippen molar-refractivity contribution in [2.75, 3.05) is 58.0 Å². The minimum atomic E-state index is -3.77. The summed E-state index contributed by atoms with van der Waals surface area (Å²) in [5.41, 5.74) is 0. The average Bonchev–Trinajstić information content (AvgIpc) is 2.88. The molecule has 6 nitrogen and oxygen atoms in total. The molecule has 0 aliphatic carbocycles. The van der Waals surface area contributed by atoms with E-state index in [4.69, 9.17) is 9.47 Å². The third-order valence-electron chi connectivity index (χ3n) is 4.69. The summed E-state index contributed by atoms with van der Waals surface area (Å²) >= 11 is 1.78. The zero-order chi connectivity index (χ0) is 18.6. The van der Waals surface area contributed by atoms with Crippen molar-refractivity contribution in [2.24, 2.45) is 0 Å². The third-order valence-corrected chi connectivity index (χ3v) is 7.83. The second-order valence-electron chi connectivity index (χ2n) is 6.41. The number of hydrogen-bond acceptors (Lipinski definition) is 6. The molecule has 2 heterocycles. The molecule has 0 N–H and O–H groups in total. The van der Waals surface area contributed by atoms with Crippen molar-refractivity contribution in [3.8, 4) is 5.75 Å². The van der Waals surface area contributed by atoms with Crippen LogP contribution in [0.3, 0.4) is 0 Å². The van der Waals surface area contributed by atoms with E-state index in [1.807, 2.05) is 0 Å². The highest BCUT2D eigenvalue weighted by Gasteiger charge is 2.34. The Kier molecular flexibility index (Phi) is 6.79. The van der Waals surface area contributed by atoms with E-state index in [9.17, 15) is 12.8 Å². The maximum Gasteiger partial charge on any atom is 0.243 e. The molecule has 1 atom stereocenters. The van der Waals surface area contributed by atoms with Crippen molar-refractivity contribution >= 4 is 21.8 Å². The van der Waals surface area contributed by atoms with Gasteiger partial charge in [-0.25, -0.2) is 12.8 Å². The molecule has 9 heteroatoms. The Morgan fingerprint density at radius 2 is 2.08 bits per heavy atom. The van der Waals surface area contributed by atoms with Crippen molar-refractivity contribution < 1.29 is 22.3 Å². The Morgan fingerprint density at radius 3 is 2.77 bits per heavy atom. The number of benzene rings is 1. The van der Waals surface area contributed by atoms with E-state index in [0.717, 1.165) is 37.1 Å². The number of methoxy groups -OCH3 is 1. The molecule has 26 heavy (non-hydrogen) atoms. The number of hydrogen-bond donors (Lipinski definition) is 0. The van der Waals surface area contributed by atoms with Crippen molar-refractivity contribution in [2.45, 2.75) is 17.4 Å². The van der Waals surface area contributed by atoms with Gasteiger partial charge in [-0.2, -0.15) is 16.1 Å². The molecule has 2 aliphatic rings. The third kappa shape index (κ3) is 4.51. The van der Waals surface area contributed by atoms with E-state index in [-0.39, 0.29) is 16.7 Å². The molecule has 2 fully saturated rings. The van der Waals surface area contributed by atoms with Crippen LogP contribution in [-0.4, -0.2) is 81.7 Å². The van der Waals surface area contributed by atoms with E-state index >= 15 is 0 Å². The van der Waals surface area contributed by atoms with E-state index < -0.39 is 15.8 Å². The molecule has 0 amide bonds. The van der Waals surface area contributed by atoms with Crippen molar-refractivity contribution in [3.05, 3.63) is 24.0 Å². The summed E-state index contributed by atoms with van der Waals surface area (Å²) in [5.74, 6) is 1.06. The van der Waals surface area contributed by atoms with Crippen molar-refractivity contribution in [3.63, 3.8) is 0 Å². The highest BCUT2D eigenvalue weighted by atomic mass is 32.2. The fourth-order valence-corrected chi connectivity index (χ4v) is 6.11. The maximum absolute atomic E-state index is 14.1. The second-order valence-corrected chi connectivity index (χ2v) is 9.45. The molecule has 146 valence electrons. The number of rotatable bonds is 5. The lowest BCUT2D eigenvalue weighted by Crippen LogP contribution is -2.50. The topological polar surface area (TPSA) is 59.1 Å². The van der Waals surface area contributed by atoms with Gasteiger partial charge >= 0.3 is 0 Å². The van der Waals surface area contributed by atoms with Crippen LogP contribution in [0.5, 0.6) is 5.75 Å². The van der Waals surface area contributed by atoms with E-state index in [0.29, 0.717) is 26.3 Å². The molecule has 2 saturated heterocycles. The molecule has 3 rings (SSSR count). The SMILES string of the molecule is COc1ccc(S(=O)(=O)N2CCCSCC2CN2CCOCC2)cc1F. The Bertz CT molecular complexity index is 711. The number of sulfonamides is 1. The molecule has 0 aromatic heterocycles. The Labute approximate surface area is 158 Å². The Hall–Kier alpha value is -0.870. The zero-order valence-corrected chi connectivity index (χ0v) is 16.5. The quantitative estimate of drug-likeness (QED) is 0.744. The molecule has 1 aromatic carbocycles. The van der Waals surface area contributed by atoms with Gasteiger partial charge < -0.3 is 9.47 Å². The highest BCUT2D eigenvalue weighted by molar-refractivity contribution is 7.99. The van der Waals surface area contributed by atoms with Crippen LogP contribution in [0, 0.1) is 5.82 Å². The number of morpholine rings is 1. The monoisotopic (exact) mass is 404 g/mol. The van der Waals surface area contributed by atoms with Gasteiger partial charge in [0.25, 0.3) is 0 Å². The Balaban J connectivity index is 1.84. The number of nitrogens with zero attached hydrogens (tertiary/aromatic N) is 2. The van der Waals surface area contributed by atoms with Gasteiger partial charge in [0.1, 0.15) is 0 Å². The van der Waals surface area contributed by atoms with E-state index in [1.165, 1.54) is 19.2 Å². The van der Waals surface area contributed by atoms with E-state index in [2.05, 4.69) is 4.90 Å². The van der Waals surface area contributed by atoms with Crippen LogP contribution in [0.2, 0.25) is 0 Å². The number of ether oxygens (including phenoxy) is 2. The fourth-order valence-electron chi connectivity index (χ4n) is 3.29. The highest BCUT2D eigenvalue weighted by Crippen LogP contribution is 2.27. The first-order chi connectivity index (χ1) is 12.5. The second kappa shape index (κ2) is 8.88. The van der Waals surface area contributed by atoms with Gasteiger partial charge in [0, 0.05) is 38.0 Å². The summed E-state index contributed by atoms with van der Waals surface area (Å²) in [6.07, 6.45) is 0.794. The van der Waals surface area contributed by atoms with Gasteiger partial charge in [0.2, 0.25) is 10.0 Å². The first-order valence-electron chi connectivity index (χ1n) is 8.75. The lowest BCUT2D eigenvalue weighted by atomic mass is 10.2. The number of thioether (sulfide) groups is 1.